The number of fused-ring (bicyclic) bond motifs is 1. The molecule has 115 heavy (non-hydrogen) atoms. The summed E-state index contributed by atoms with van der Waals surface area (Å²) in [7, 11) is 0. The third kappa shape index (κ3) is 30.6. The normalized spacial score (nSPS) is 13.6. The smallest absolute Gasteiger partial charge is 0.251 e. The lowest BCUT2D eigenvalue weighted by molar-refractivity contribution is -0.136. The number of thiol groups is 1. The third-order valence-corrected chi connectivity index (χ3v) is 18.1. The molecule has 38 nitrogen and oxygen atoms in total. The second-order valence-electron chi connectivity index (χ2n) is 27.7. The zero-order chi connectivity index (χ0) is 84.3. The van der Waals surface area contributed by atoms with Crippen molar-refractivity contribution in [3.05, 3.63) is 145 Å². The van der Waals surface area contributed by atoms with Gasteiger partial charge in [0.05, 0.1) is 6.42 Å². The average Bonchev–Trinajstić information content (AvgIpc) is 1.68. The average molecular weight is 1610 g/mol. The van der Waals surface area contributed by atoms with Gasteiger partial charge in [-0.2, -0.15) is 12.6 Å². The zero-order valence-electron chi connectivity index (χ0n) is 65.0. The van der Waals surface area contributed by atoms with Gasteiger partial charge in [0.2, 0.25) is 65.0 Å². The molecule has 0 aliphatic carbocycles. The second kappa shape index (κ2) is 46.1. The topological polar surface area (TPSA) is 590 Å². The number of amides is 13. The zero-order valence-corrected chi connectivity index (χ0v) is 65.9. The minimum absolute atomic E-state index is 0.00468. The van der Waals surface area contributed by atoms with Gasteiger partial charge in [-0.15, -0.1) is 0 Å². The Morgan fingerprint density at radius 3 is 1.15 bits per heavy atom. The van der Waals surface area contributed by atoms with Crippen LogP contribution in [0.3, 0.4) is 0 Å². The molecule has 0 aliphatic rings. The molecule has 13 amide bonds. The summed E-state index contributed by atoms with van der Waals surface area (Å²) in [5.41, 5.74) is 20.0. The monoisotopic (exact) mass is 1610 g/mol. The maximum Gasteiger partial charge on any atom is 0.251 e. The van der Waals surface area contributed by atoms with Crippen molar-refractivity contribution in [2.45, 2.75) is 153 Å². The van der Waals surface area contributed by atoms with E-state index in [4.69, 9.17) is 33.4 Å². The first-order valence-corrected chi connectivity index (χ1v) is 38.2. The van der Waals surface area contributed by atoms with Crippen LogP contribution in [0, 0.1) is 22.1 Å². The van der Waals surface area contributed by atoms with Crippen molar-refractivity contribution in [3.63, 3.8) is 0 Å². The van der Waals surface area contributed by atoms with Gasteiger partial charge in [0.25, 0.3) is 11.8 Å². The molecule has 26 N–H and O–H groups in total. The van der Waals surface area contributed by atoms with Crippen LogP contribution in [0.1, 0.15) is 113 Å². The number of benzene rings is 3. The summed E-state index contributed by atoms with van der Waals surface area (Å²) in [6.07, 6.45) is 8.48. The summed E-state index contributed by atoms with van der Waals surface area (Å²) in [4.78, 5) is 186. The van der Waals surface area contributed by atoms with Crippen molar-refractivity contribution < 1.29 is 62.3 Å². The van der Waals surface area contributed by atoms with Gasteiger partial charge >= 0.3 is 0 Å². The maximum atomic E-state index is 14.9. The highest BCUT2D eigenvalue weighted by Gasteiger charge is 2.36. The van der Waals surface area contributed by atoms with E-state index < -0.39 is 162 Å². The minimum Gasteiger partial charge on any atom is -0.370 e. The quantitative estimate of drug-likeness (QED) is 0.00847. The molecule has 0 bridgehead atoms. The van der Waals surface area contributed by atoms with Gasteiger partial charge in [-0.25, -0.2) is 0 Å². The summed E-state index contributed by atoms with van der Waals surface area (Å²) in [6, 6.07) is 13.1. The lowest BCUT2D eigenvalue weighted by Crippen LogP contribution is -2.62. The number of nitrogens with two attached hydrogens (primary N) is 3. The molecule has 3 aromatic heterocycles. The predicted octanol–water partition coefficient (Wildman–Crippen LogP) is -2.04. The number of rotatable bonds is 46. The molecule has 0 fully saturated rings. The van der Waals surface area contributed by atoms with Gasteiger partial charge in [-0.1, -0.05) is 32.0 Å². The summed E-state index contributed by atoms with van der Waals surface area (Å²) in [5, 5.41) is 65.7. The number of hydrogen-bond donors (Lipinski definition) is 24. The number of nitrogens with zero attached hydrogens (tertiary/aromatic N) is 2. The minimum atomic E-state index is -1.76. The van der Waals surface area contributed by atoms with Gasteiger partial charge < -0.3 is 116 Å². The lowest BCUT2D eigenvalue weighted by Gasteiger charge is -2.28. The number of carbonyl (C=O) groups excluding carboxylic acids is 13. The fraction of sp³-hybridized carbons (Fsp3) is 0.421. The number of aromatic nitrogens is 3. The van der Waals surface area contributed by atoms with Crippen LogP contribution in [0.4, 0.5) is 0 Å². The fourth-order valence-corrected chi connectivity index (χ4v) is 11.8. The number of guanidine groups is 3. The van der Waals surface area contributed by atoms with Crippen molar-refractivity contribution in [3.8, 4) is 11.4 Å². The molecule has 0 radical (unpaired) electrons. The van der Waals surface area contributed by atoms with Crippen molar-refractivity contribution in [1.82, 2.24) is 99.2 Å². The number of H-pyrrole nitrogens is 1. The molecule has 0 saturated heterocycles. The van der Waals surface area contributed by atoms with Crippen molar-refractivity contribution >= 4 is 118 Å². The number of aromatic amines is 1. The Kier molecular flexibility index (Phi) is 36.5. The van der Waals surface area contributed by atoms with E-state index in [1.807, 2.05) is 65.5 Å². The molecule has 3 heterocycles. The molecular weight excluding hydrogens is 1500 g/mol. The predicted molar refractivity (Wildman–Crippen MR) is 434 cm³/mol. The Hall–Kier alpha value is -13.0. The van der Waals surface area contributed by atoms with Gasteiger partial charge in [-0.3, -0.25) is 78.6 Å². The first-order chi connectivity index (χ1) is 54.8. The molecule has 39 heteroatoms. The standard InChI is InChI=1S/C76H107N25O13S/c1-43(2)38-58(71(112)96-57(20-15-31-86-76(81)82)70(111)98-59(72(113)92-44(3)62(103)83-32-37-115)41-88-66(107)48-21-25-51(26-22-48)100-33-9-10-34-100)97-65(106)47(6)93-73(114)60(42-89-67(108)49-23-27-52(28-24-49)101-35-11-12-36-101)99-69(110)56(19-14-30-85-75(79)80)95-68(109)55(18-13-29-84-74(77)78)94-64(105)46(5)91-63(104)45(4)90-61(102)39-50-40-87-54-17-8-7-16-53(50)54/h7-12,16-17,21-28,33-36,40,43-47,55-60,87,115H,13-15,18-20,29-32,37-39,41-42H2,1-6H3,(H,83,103)(H,88,107)(H,89,108)(H,90,102)(H,91,104)(H,92,113)(H,93,114)(H,94,105)(H,95,109)(H,96,112)(H,97,106)(H,98,111)(H,99,110)(H4,77,78,84)(H4,79,80,85)(H4,81,82,86)/t44-,45-,46-,47-,55-,56-,57-,58-,59-,60-/m0/s1. The lowest BCUT2D eigenvalue weighted by atomic mass is 10.0. The van der Waals surface area contributed by atoms with Crippen LogP contribution in [-0.4, -0.2) is 214 Å². The van der Waals surface area contributed by atoms with E-state index in [1.165, 1.54) is 39.8 Å². The molecule has 620 valence electrons. The Labute approximate surface area is 670 Å². The van der Waals surface area contributed by atoms with E-state index in [-0.39, 0.29) is 101 Å². The highest BCUT2D eigenvalue weighted by molar-refractivity contribution is 7.80. The van der Waals surface area contributed by atoms with Crippen LogP contribution >= 0.6 is 12.6 Å². The third-order valence-electron chi connectivity index (χ3n) is 17.9. The van der Waals surface area contributed by atoms with Crippen molar-refractivity contribution in [2.75, 3.05) is 45.0 Å². The first kappa shape index (κ1) is 90.9. The summed E-state index contributed by atoms with van der Waals surface area (Å²) in [5.74, 6) is -12.0. The van der Waals surface area contributed by atoms with Crippen LogP contribution in [0.25, 0.3) is 22.3 Å². The van der Waals surface area contributed by atoms with Crippen LogP contribution in [0.5, 0.6) is 0 Å². The van der Waals surface area contributed by atoms with Crippen LogP contribution in [0.2, 0.25) is 0 Å². The summed E-state index contributed by atoms with van der Waals surface area (Å²) >= 11 is 4.12. The van der Waals surface area contributed by atoms with Gasteiger partial charge in [0.15, 0.2) is 17.9 Å². The Morgan fingerprint density at radius 2 is 0.739 bits per heavy atom. The second-order valence-corrected chi connectivity index (χ2v) is 28.1. The number of nitrogens with one attached hydrogen (secondary N) is 20. The Morgan fingerprint density at radius 1 is 0.391 bits per heavy atom. The van der Waals surface area contributed by atoms with Gasteiger partial charge in [0, 0.05) is 109 Å². The maximum absolute atomic E-state index is 14.9. The molecule has 3 aromatic carbocycles. The molecular formula is C76H107N25O13S. The van der Waals surface area contributed by atoms with Gasteiger partial charge in [-0.05, 0) is 163 Å². The molecule has 0 aliphatic heterocycles. The van der Waals surface area contributed by atoms with Crippen molar-refractivity contribution in [1.29, 1.82) is 16.2 Å². The fourth-order valence-electron chi connectivity index (χ4n) is 11.7. The van der Waals surface area contributed by atoms with E-state index >= 15 is 0 Å². The van der Waals surface area contributed by atoms with E-state index in [2.05, 4.69) is 103 Å². The molecule has 10 atom stereocenters. The molecule has 0 unspecified atom stereocenters. The Bertz CT molecular complexity index is 4330. The number of para-hydroxylation sites is 1. The molecule has 0 saturated carbocycles. The van der Waals surface area contributed by atoms with E-state index in [0.29, 0.717) is 17.0 Å². The largest absolute Gasteiger partial charge is 0.370 e. The molecule has 0 spiro atoms. The van der Waals surface area contributed by atoms with E-state index in [0.717, 1.165) is 16.6 Å². The summed E-state index contributed by atoms with van der Waals surface area (Å²) in [6.45, 7) is 7.99. The number of carbonyl (C=O) groups is 13. The highest BCUT2D eigenvalue weighted by Crippen LogP contribution is 2.19. The van der Waals surface area contributed by atoms with Crippen LogP contribution in [-0.2, 0) is 59.2 Å². The van der Waals surface area contributed by atoms with E-state index in [1.54, 1.807) is 73.4 Å². The number of hydrogen-bond acceptors (Lipinski definition) is 17. The molecule has 6 rings (SSSR count). The SMILES string of the molecule is CC(C)C[C@H](NC(=O)[C@H](C)NC(=O)[C@H](CNC(=O)c1ccc(-n2cccc2)cc1)NC(=O)[C@H](CCCNC(=N)N)NC(=O)[C@H](CCCNC(=N)N)NC(=O)[C@H](C)NC(=O)[C@H](C)NC(=O)Cc1c[nH]c2ccccc12)C(=O)N[C@@H](CCCNC(=N)N)C(=O)N[C@@H](CNC(=O)c1ccc(-n2cccc2)cc1)C(=O)N[C@@H](C)C(=O)NCCS. The van der Waals surface area contributed by atoms with Gasteiger partial charge in [0.1, 0.15) is 60.4 Å². The first-order valence-electron chi connectivity index (χ1n) is 37.5. The summed E-state index contributed by atoms with van der Waals surface area (Å²) < 4.78 is 3.62. The van der Waals surface area contributed by atoms with Crippen LogP contribution < -0.4 is 102 Å². The highest BCUT2D eigenvalue weighted by atomic mass is 32.1. The van der Waals surface area contributed by atoms with Crippen molar-refractivity contribution in [2.24, 2.45) is 23.1 Å². The Balaban J connectivity index is 1.22. The van der Waals surface area contributed by atoms with Crippen LogP contribution in [0.15, 0.2) is 128 Å². The van der Waals surface area contributed by atoms with E-state index in [9.17, 15) is 62.3 Å². The molecule has 6 aromatic rings.